The molecule has 0 amide bonds. The van der Waals surface area contributed by atoms with E-state index >= 15 is 0 Å². The van der Waals surface area contributed by atoms with Gasteiger partial charge in [0.1, 0.15) is 11.5 Å². The number of hydrogen-bond donors (Lipinski definition) is 0. The van der Waals surface area contributed by atoms with Crippen molar-refractivity contribution in [1.82, 2.24) is 0 Å². The number of carbonyl (C=O) groups is 1. The van der Waals surface area contributed by atoms with Crippen molar-refractivity contribution < 1.29 is 13.9 Å². The Labute approximate surface area is 80.9 Å². The molecule has 0 fully saturated rings. The average molecular weight is 191 g/mol. The highest BCUT2D eigenvalue weighted by Gasteiger charge is 2.19. The first-order chi connectivity index (χ1) is 6.65. The van der Waals surface area contributed by atoms with Crippen molar-refractivity contribution in [2.75, 3.05) is 0 Å². The molecule has 0 unspecified atom stereocenters. The SMILES string of the molecule is CC1=N/C(=C\c2ccc(C)o2)C(=O)O1. The van der Waals surface area contributed by atoms with Gasteiger partial charge in [-0.25, -0.2) is 9.79 Å². The van der Waals surface area contributed by atoms with Crippen LogP contribution >= 0.6 is 0 Å². The molecule has 0 aliphatic carbocycles. The number of aryl methyl sites for hydroxylation is 1. The molecule has 4 nitrogen and oxygen atoms in total. The van der Waals surface area contributed by atoms with Crippen LogP contribution in [0.15, 0.2) is 27.2 Å². The van der Waals surface area contributed by atoms with Gasteiger partial charge < -0.3 is 9.15 Å². The molecule has 0 saturated heterocycles. The summed E-state index contributed by atoms with van der Waals surface area (Å²) in [5, 5.41) is 0. The lowest BCUT2D eigenvalue weighted by Crippen LogP contribution is -1.99. The third-order valence-corrected chi connectivity index (χ3v) is 1.77. The maximum Gasteiger partial charge on any atom is 0.363 e. The van der Waals surface area contributed by atoms with Gasteiger partial charge in [-0.05, 0) is 19.1 Å². The van der Waals surface area contributed by atoms with E-state index in [0.717, 1.165) is 5.76 Å². The van der Waals surface area contributed by atoms with Gasteiger partial charge in [-0.1, -0.05) is 0 Å². The van der Waals surface area contributed by atoms with Crippen molar-refractivity contribution in [3.05, 3.63) is 29.4 Å². The van der Waals surface area contributed by atoms with E-state index in [4.69, 9.17) is 9.15 Å². The second kappa shape index (κ2) is 3.14. The molecule has 0 spiro atoms. The summed E-state index contributed by atoms with van der Waals surface area (Å²) in [5.41, 5.74) is 0.275. The number of hydrogen-bond acceptors (Lipinski definition) is 4. The summed E-state index contributed by atoms with van der Waals surface area (Å²) in [6.45, 7) is 3.47. The van der Waals surface area contributed by atoms with Gasteiger partial charge in [0.2, 0.25) is 0 Å². The topological polar surface area (TPSA) is 51.8 Å². The Balaban J connectivity index is 2.31. The van der Waals surface area contributed by atoms with Crippen molar-refractivity contribution in [3.63, 3.8) is 0 Å². The number of furan rings is 1. The summed E-state index contributed by atoms with van der Waals surface area (Å²) in [5.74, 6) is 1.33. The number of rotatable bonds is 1. The third kappa shape index (κ3) is 1.59. The lowest BCUT2D eigenvalue weighted by molar-refractivity contribution is -0.130. The Morgan fingerprint density at radius 2 is 2.14 bits per heavy atom. The van der Waals surface area contributed by atoms with Crippen LogP contribution in [0.5, 0.6) is 0 Å². The minimum absolute atomic E-state index is 0.275. The van der Waals surface area contributed by atoms with Crippen LogP contribution in [0, 0.1) is 6.92 Å². The molecule has 72 valence electrons. The van der Waals surface area contributed by atoms with E-state index in [9.17, 15) is 4.79 Å². The molecule has 1 aromatic heterocycles. The molecular formula is C10H9NO3. The van der Waals surface area contributed by atoms with Crippen LogP contribution in [0.2, 0.25) is 0 Å². The van der Waals surface area contributed by atoms with Crippen LogP contribution in [0.25, 0.3) is 6.08 Å². The van der Waals surface area contributed by atoms with Crippen molar-refractivity contribution in [1.29, 1.82) is 0 Å². The Bertz CT molecular complexity index is 440. The molecular weight excluding hydrogens is 182 g/mol. The lowest BCUT2D eigenvalue weighted by Gasteiger charge is -1.88. The van der Waals surface area contributed by atoms with Crippen molar-refractivity contribution >= 4 is 17.9 Å². The second-order valence-corrected chi connectivity index (χ2v) is 3.00. The molecule has 1 aliphatic heterocycles. The minimum Gasteiger partial charge on any atom is -0.462 e. The molecule has 0 N–H and O–H groups in total. The van der Waals surface area contributed by atoms with Gasteiger partial charge >= 0.3 is 5.97 Å². The number of cyclic esters (lactones) is 1. The maximum absolute atomic E-state index is 11.1. The highest BCUT2D eigenvalue weighted by molar-refractivity contribution is 6.06. The van der Waals surface area contributed by atoms with Crippen LogP contribution in [-0.2, 0) is 9.53 Å². The number of nitrogens with zero attached hydrogens (tertiary/aromatic N) is 1. The van der Waals surface area contributed by atoms with Crippen LogP contribution in [0.1, 0.15) is 18.4 Å². The van der Waals surface area contributed by atoms with Crippen molar-refractivity contribution in [2.45, 2.75) is 13.8 Å². The highest BCUT2D eigenvalue weighted by atomic mass is 16.6. The maximum atomic E-state index is 11.1. The fourth-order valence-corrected chi connectivity index (χ4v) is 1.18. The number of carbonyl (C=O) groups excluding carboxylic acids is 1. The summed E-state index contributed by atoms with van der Waals surface area (Å²) in [6, 6.07) is 3.60. The van der Waals surface area contributed by atoms with E-state index in [2.05, 4.69) is 4.99 Å². The zero-order chi connectivity index (χ0) is 10.1. The number of ether oxygens (including phenoxy) is 1. The van der Waals surface area contributed by atoms with E-state index in [1.165, 1.54) is 0 Å². The predicted molar refractivity (Wildman–Crippen MR) is 50.6 cm³/mol. The van der Waals surface area contributed by atoms with E-state index in [1.807, 2.05) is 13.0 Å². The highest BCUT2D eigenvalue weighted by Crippen LogP contribution is 2.16. The molecule has 0 bridgehead atoms. The molecule has 2 heterocycles. The molecule has 14 heavy (non-hydrogen) atoms. The molecule has 0 saturated carbocycles. The van der Waals surface area contributed by atoms with E-state index in [0.29, 0.717) is 11.7 Å². The van der Waals surface area contributed by atoms with Crippen molar-refractivity contribution in [2.24, 2.45) is 4.99 Å². The molecule has 0 radical (unpaired) electrons. The summed E-state index contributed by atoms with van der Waals surface area (Å²) < 4.78 is 10.0. The monoisotopic (exact) mass is 191 g/mol. The first-order valence-electron chi connectivity index (χ1n) is 4.21. The first kappa shape index (κ1) is 8.74. The molecule has 0 aromatic carbocycles. The third-order valence-electron chi connectivity index (χ3n) is 1.77. The van der Waals surface area contributed by atoms with Crippen LogP contribution in [0.4, 0.5) is 0 Å². The van der Waals surface area contributed by atoms with Crippen molar-refractivity contribution in [3.8, 4) is 0 Å². The predicted octanol–water partition coefficient (Wildman–Crippen LogP) is 1.90. The largest absolute Gasteiger partial charge is 0.462 e. The molecule has 1 aliphatic rings. The second-order valence-electron chi connectivity index (χ2n) is 3.00. The lowest BCUT2D eigenvalue weighted by atomic mass is 10.3. The fourth-order valence-electron chi connectivity index (χ4n) is 1.18. The summed E-state index contributed by atoms with van der Waals surface area (Å²) in [7, 11) is 0. The summed E-state index contributed by atoms with van der Waals surface area (Å²) in [6.07, 6.45) is 1.56. The van der Waals surface area contributed by atoms with Gasteiger partial charge in [-0.2, -0.15) is 0 Å². The zero-order valence-electron chi connectivity index (χ0n) is 7.90. The Morgan fingerprint density at radius 1 is 1.36 bits per heavy atom. The zero-order valence-corrected chi connectivity index (χ0v) is 7.90. The normalized spacial score (nSPS) is 18.6. The standard InChI is InChI=1S/C10H9NO3/c1-6-3-4-8(13-6)5-9-10(12)14-7(2)11-9/h3-5H,1-2H3/b9-5-. The Kier molecular flexibility index (Phi) is 1.96. The van der Waals surface area contributed by atoms with Gasteiger partial charge in [0, 0.05) is 13.0 Å². The Hall–Kier alpha value is -1.84. The van der Waals surface area contributed by atoms with Gasteiger partial charge in [0.15, 0.2) is 11.6 Å². The van der Waals surface area contributed by atoms with E-state index in [-0.39, 0.29) is 5.70 Å². The van der Waals surface area contributed by atoms with Crippen LogP contribution < -0.4 is 0 Å². The van der Waals surface area contributed by atoms with Gasteiger partial charge in [0.05, 0.1) is 0 Å². The molecule has 0 atom stereocenters. The summed E-state index contributed by atoms with van der Waals surface area (Å²) >= 11 is 0. The number of aliphatic imine (C=N–C) groups is 1. The van der Waals surface area contributed by atoms with Gasteiger partial charge in [0.25, 0.3) is 0 Å². The average Bonchev–Trinajstić information content (AvgIpc) is 2.61. The molecule has 1 aromatic rings. The van der Waals surface area contributed by atoms with Crippen LogP contribution in [-0.4, -0.2) is 11.9 Å². The van der Waals surface area contributed by atoms with E-state index < -0.39 is 5.97 Å². The molecule has 4 heteroatoms. The first-order valence-corrected chi connectivity index (χ1v) is 4.21. The van der Waals surface area contributed by atoms with E-state index in [1.54, 1.807) is 19.1 Å². The minimum atomic E-state index is -0.434. The van der Waals surface area contributed by atoms with Gasteiger partial charge in [-0.3, -0.25) is 0 Å². The fraction of sp³-hybridized carbons (Fsp3) is 0.200. The quantitative estimate of drug-likeness (QED) is 0.503. The molecule has 2 rings (SSSR count). The van der Waals surface area contributed by atoms with Gasteiger partial charge in [-0.15, -0.1) is 0 Å². The summed E-state index contributed by atoms with van der Waals surface area (Å²) in [4.78, 5) is 15.1. The number of esters is 1. The smallest absolute Gasteiger partial charge is 0.363 e. The van der Waals surface area contributed by atoms with Crippen LogP contribution in [0.3, 0.4) is 0 Å². The Morgan fingerprint density at radius 3 is 2.64 bits per heavy atom.